The lowest BCUT2D eigenvalue weighted by Gasteiger charge is -2.41. The summed E-state index contributed by atoms with van der Waals surface area (Å²) in [7, 11) is 0. The predicted octanol–water partition coefficient (Wildman–Crippen LogP) is 5.50. The van der Waals surface area contributed by atoms with E-state index in [1.807, 2.05) is 31.2 Å². The molecule has 1 saturated heterocycles. The fraction of sp³-hybridized carbons (Fsp3) is 0.462. The number of alkyl halides is 3. The molecule has 0 radical (unpaired) electrons. The Hall–Kier alpha value is -2.65. The van der Waals surface area contributed by atoms with E-state index in [0.29, 0.717) is 43.9 Å². The van der Waals surface area contributed by atoms with Gasteiger partial charge in [-0.2, -0.15) is 0 Å². The van der Waals surface area contributed by atoms with Gasteiger partial charge in [-0.1, -0.05) is 18.2 Å². The second kappa shape index (κ2) is 9.78. The quantitative estimate of drug-likeness (QED) is 0.408. The molecule has 0 saturated carbocycles. The van der Waals surface area contributed by atoms with E-state index in [1.54, 1.807) is 0 Å². The van der Waals surface area contributed by atoms with Gasteiger partial charge >= 0.3 is 0 Å². The van der Waals surface area contributed by atoms with Crippen LogP contribution in [0.15, 0.2) is 36.4 Å². The summed E-state index contributed by atoms with van der Waals surface area (Å²) in [5.74, 6) is -1.55. The summed E-state index contributed by atoms with van der Waals surface area (Å²) < 4.78 is 70.5. The van der Waals surface area contributed by atoms with Crippen molar-refractivity contribution in [3.8, 4) is 0 Å². The lowest BCUT2D eigenvalue weighted by atomic mass is 9.88. The molecule has 2 atom stereocenters. The van der Waals surface area contributed by atoms with Gasteiger partial charge < -0.3 is 10.3 Å². The number of aromatic nitrogens is 1. The van der Waals surface area contributed by atoms with Crippen molar-refractivity contribution in [2.45, 2.75) is 44.3 Å². The molecule has 9 heteroatoms. The van der Waals surface area contributed by atoms with Crippen LogP contribution in [0.4, 0.5) is 27.6 Å². The van der Waals surface area contributed by atoms with E-state index < -0.39 is 30.6 Å². The zero-order valence-electron chi connectivity index (χ0n) is 19.5. The molecule has 5 rings (SSSR count). The molecule has 35 heavy (non-hydrogen) atoms. The number of anilines is 1. The number of benzene rings is 2. The smallest absolute Gasteiger partial charge is 0.251 e. The fourth-order valence-electron chi connectivity index (χ4n) is 5.55. The van der Waals surface area contributed by atoms with Crippen molar-refractivity contribution in [2.75, 3.05) is 38.2 Å². The van der Waals surface area contributed by atoms with Gasteiger partial charge in [0.25, 0.3) is 6.43 Å². The van der Waals surface area contributed by atoms with Gasteiger partial charge in [0.15, 0.2) is 0 Å². The van der Waals surface area contributed by atoms with E-state index in [1.165, 1.54) is 17.0 Å². The SMILES string of the molecule is C[C@@H]1Cc2c([nH]c3ccccc23)[C@@H](c2c(F)cc(NC3CN(CCCF)C3)cc2F)N1CC(F)F. The zero-order chi connectivity index (χ0) is 24.7. The minimum atomic E-state index is -2.64. The molecular weight excluding hydrogens is 463 g/mol. The highest BCUT2D eigenvalue weighted by Gasteiger charge is 2.40. The van der Waals surface area contributed by atoms with Crippen LogP contribution in [0, 0.1) is 11.6 Å². The Bertz CT molecular complexity index is 1170. The van der Waals surface area contributed by atoms with Crippen molar-refractivity contribution < 1.29 is 22.0 Å². The normalized spacial score (nSPS) is 21.5. The third-order valence-corrected chi connectivity index (χ3v) is 7.15. The highest BCUT2D eigenvalue weighted by Crippen LogP contribution is 2.43. The first-order chi connectivity index (χ1) is 16.9. The molecule has 1 aromatic heterocycles. The third-order valence-electron chi connectivity index (χ3n) is 7.15. The topological polar surface area (TPSA) is 34.3 Å². The molecule has 0 bridgehead atoms. The molecule has 2 N–H and O–H groups in total. The van der Waals surface area contributed by atoms with Gasteiger partial charge in [-0.05, 0) is 43.5 Å². The minimum Gasteiger partial charge on any atom is -0.380 e. The fourth-order valence-corrected chi connectivity index (χ4v) is 5.55. The number of nitrogens with zero attached hydrogens (tertiary/aromatic N) is 2. The van der Waals surface area contributed by atoms with Gasteiger partial charge in [-0.25, -0.2) is 17.6 Å². The number of nitrogens with one attached hydrogen (secondary N) is 2. The van der Waals surface area contributed by atoms with Crippen molar-refractivity contribution in [1.29, 1.82) is 0 Å². The Balaban J connectivity index is 1.48. The molecule has 4 nitrogen and oxygen atoms in total. The van der Waals surface area contributed by atoms with E-state index >= 15 is 8.78 Å². The summed E-state index contributed by atoms with van der Waals surface area (Å²) in [5, 5.41) is 4.07. The van der Waals surface area contributed by atoms with Crippen LogP contribution in [0.3, 0.4) is 0 Å². The first kappa shape index (κ1) is 24.1. The zero-order valence-corrected chi connectivity index (χ0v) is 19.5. The van der Waals surface area contributed by atoms with Crippen molar-refractivity contribution >= 4 is 16.6 Å². The first-order valence-electron chi connectivity index (χ1n) is 12.0. The van der Waals surface area contributed by atoms with Crippen LogP contribution in [0.5, 0.6) is 0 Å². The van der Waals surface area contributed by atoms with Crippen LogP contribution < -0.4 is 5.32 Å². The molecule has 2 aliphatic heterocycles. The Morgan fingerprint density at radius 3 is 2.51 bits per heavy atom. The number of halogens is 5. The largest absolute Gasteiger partial charge is 0.380 e. The van der Waals surface area contributed by atoms with Gasteiger partial charge in [0, 0.05) is 53.5 Å². The minimum absolute atomic E-state index is 0.0182. The van der Waals surface area contributed by atoms with Crippen molar-refractivity contribution in [2.24, 2.45) is 0 Å². The van der Waals surface area contributed by atoms with Gasteiger partial charge in [-0.15, -0.1) is 0 Å². The van der Waals surface area contributed by atoms with E-state index in [-0.39, 0.29) is 24.3 Å². The number of H-pyrrole nitrogens is 1. The van der Waals surface area contributed by atoms with Gasteiger partial charge in [0.05, 0.1) is 25.3 Å². The summed E-state index contributed by atoms with van der Waals surface area (Å²) in [6, 6.07) is 8.74. The molecule has 0 amide bonds. The van der Waals surface area contributed by atoms with E-state index in [2.05, 4.69) is 15.2 Å². The summed E-state index contributed by atoms with van der Waals surface area (Å²) in [5.41, 5.74) is 2.36. The van der Waals surface area contributed by atoms with Gasteiger partial charge in [-0.3, -0.25) is 14.2 Å². The standard InChI is InChI=1S/C26H29F5N4/c1-15-9-19-18-5-2-3-6-22(18)33-25(19)26(35(15)14-23(30)31)24-20(28)10-16(11-21(24)29)32-17-12-34(13-17)8-4-7-27/h2-3,5-6,10-11,15,17,23,26,32-33H,4,7-9,12-14H2,1H3/t15-,26-/m1/s1. The second-order valence-corrected chi connectivity index (χ2v) is 9.60. The molecule has 2 aliphatic rings. The molecule has 188 valence electrons. The van der Waals surface area contributed by atoms with Gasteiger partial charge in [0.1, 0.15) is 11.6 Å². The summed E-state index contributed by atoms with van der Waals surface area (Å²) in [6.07, 6.45) is -1.67. The molecule has 0 unspecified atom stereocenters. The number of likely N-dealkylation sites (tertiary alicyclic amines) is 1. The Morgan fingerprint density at radius 1 is 1.11 bits per heavy atom. The molecule has 3 heterocycles. The van der Waals surface area contributed by atoms with Crippen molar-refractivity contribution in [3.05, 3.63) is 64.9 Å². The maximum Gasteiger partial charge on any atom is 0.251 e. The Kier molecular flexibility index (Phi) is 6.72. The molecule has 0 aliphatic carbocycles. The number of hydrogen-bond acceptors (Lipinski definition) is 3. The molecule has 2 aromatic carbocycles. The monoisotopic (exact) mass is 492 g/mol. The van der Waals surface area contributed by atoms with Crippen LogP contribution in [0.1, 0.15) is 36.2 Å². The maximum atomic E-state index is 15.5. The van der Waals surface area contributed by atoms with E-state index in [9.17, 15) is 13.2 Å². The molecule has 1 fully saturated rings. The van der Waals surface area contributed by atoms with E-state index in [0.717, 1.165) is 16.5 Å². The average Bonchev–Trinajstić information content (AvgIpc) is 3.14. The van der Waals surface area contributed by atoms with Crippen LogP contribution in [-0.2, 0) is 6.42 Å². The lowest BCUT2D eigenvalue weighted by Crippen LogP contribution is -2.54. The van der Waals surface area contributed by atoms with E-state index in [4.69, 9.17) is 0 Å². The van der Waals surface area contributed by atoms with Crippen LogP contribution in [-0.4, -0.2) is 66.1 Å². The van der Waals surface area contributed by atoms with Gasteiger partial charge in [0.2, 0.25) is 0 Å². The number of aromatic amines is 1. The number of fused-ring (bicyclic) bond motifs is 3. The molecule has 0 spiro atoms. The van der Waals surface area contributed by atoms with Crippen LogP contribution in [0.25, 0.3) is 10.9 Å². The highest BCUT2D eigenvalue weighted by atomic mass is 19.3. The third kappa shape index (κ3) is 4.63. The Labute approximate surface area is 201 Å². The van der Waals surface area contributed by atoms with Crippen LogP contribution >= 0.6 is 0 Å². The summed E-state index contributed by atoms with van der Waals surface area (Å²) in [6.45, 7) is 2.86. The maximum absolute atomic E-state index is 15.5. The first-order valence-corrected chi connectivity index (χ1v) is 12.0. The molecule has 3 aromatic rings. The second-order valence-electron chi connectivity index (χ2n) is 9.60. The lowest BCUT2D eigenvalue weighted by molar-refractivity contribution is 0.0438. The number of rotatable bonds is 8. The molecular formula is C26H29F5N4. The average molecular weight is 493 g/mol. The number of para-hydroxylation sites is 1. The highest BCUT2D eigenvalue weighted by molar-refractivity contribution is 5.85. The summed E-state index contributed by atoms with van der Waals surface area (Å²) in [4.78, 5) is 6.82. The summed E-state index contributed by atoms with van der Waals surface area (Å²) >= 11 is 0. The van der Waals surface area contributed by atoms with Crippen molar-refractivity contribution in [3.63, 3.8) is 0 Å². The Morgan fingerprint density at radius 2 is 1.83 bits per heavy atom. The van der Waals surface area contributed by atoms with Crippen LogP contribution in [0.2, 0.25) is 0 Å². The van der Waals surface area contributed by atoms with Crippen molar-refractivity contribution in [1.82, 2.24) is 14.8 Å². The number of hydrogen-bond donors (Lipinski definition) is 2. The predicted molar refractivity (Wildman–Crippen MR) is 127 cm³/mol.